The van der Waals surface area contributed by atoms with Crippen molar-refractivity contribution < 1.29 is 9.53 Å². The minimum absolute atomic E-state index is 0.362. The van der Waals surface area contributed by atoms with Gasteiger partial charge in [0.2, 0.25) is 0 Å². The van der Waals surface area contributed by atoms with Gasteiger partial charge in [-0.05, 0) is 12.1 Å². The molecule has 0 spiro atoms. The Morgan fingerprint density at radius 1 is 1.62 bits per heavy atom. The Morgan fingerprint density at radius 2 is 2.31 bits per heavy atom. The standard InChI is InChI=1S/C8H9ClN2O2/c1-11-8(12)13-5-2-3-6(9)7(10)4-5/h2-4H,10H2,1H3,(H,11,12). The van der Waals surface area contributed by atoms with Gasteiger partial charge >= 0.3 is 6.09 Å². The zero-order chi connectivity index (χ0) is 9.84. The molecule has 0 unspecified atom stereocenters. The third-order valence-corrected chi connectivity index (χ3v) is 1.73. The number of carbonyl (C=O) groups is 1. The molecule has 0 saturated heterocycles. The second-order valence-electron chi connectivity index (χ2n) is 2.32. The number of ether oxygens (including phenoxy) is 1. The van der Waals surface area contributed by atoms with Crippen LogP contribution in [0.3, 0.4) is 0 Å². The maximum absolute atomic E-state index is 10.8. The zero-order valence-electron chi connectivity index (χ0n) is 7.00. The lowest BCUT2D eigenvalue weighted by molar-refractivity contribution is 0.203. The molecule has 13 heavy (non-hydrogen) atoms. The predicted octanol–water partition coefficient (Wildman–Crippen LogP) is 1.64. The molecule has 1 aromatic rings. The van der Waals surface area contributed by atoms with E-state index in [-0.39, 0.29) is 0 Å². The fourth-order valence-corrected chi connectivity index (χ4v) is 0.861. The molecule has 0 bridgehead atoms. The first-order chi connectivity index (χ1) is 6.13. The number of nitrogens with one attached hydrogen (secondary N) is 1. The SMILES string of the molecule is CNC(=O)Oc1ccc(Cl)c(N)c1. The van der Waals surface area contributed by atoms with Gasteiger partial charge in [-0.3, -0.25) is 0 Å². The summed E-state index contributed by atoms with van der Waals surface area (Å²) in [5.41, 5.74) is 5.87. The van der Waals surface area contributed by atoms with Gasteiger partial charge in [0.25, 0.3) is 0 Å². The van der Waals surface area contributed by atoms with Crippen LogP contribution >= 0.6 is 11.6 Å². The molecule has 0 aromatic heterocycles. The van der Waals surface area contributed by atoms with E-state index in [1.165, 1.54) is 13.1 Å². The third kappa shape index (κ3) is 2.52. The van der Waals surface area contributed by atoms with Crippen LogP contribution in [0.5, 0.6) is 5.75 Å². The smallest absolute Gasteiger partial charge is 0.410 e. The van der Waals surface area contributed by atoms with E-state index >= 15 is 0 Å². The first kappa shape index (κ1) is 9.67. The van der Waals surface area contributed by atoms with Crippen LogP contribution in [0.25, 0.3) is 0 Å². The Labute approximate surface area is 80.6 Å². The normalized spacial score (nSPS) is 9.38. The van der Waals surface area contributed by atoms with Gasteiger partial charge in [0, 0.05) is 13.1 Å². The van der Waals surface area contributed by atoms with Gasteiger partial charge in [-0.25, -0.2) is 4.79 Å². The zero-order valence-corrected chi connectivity index (χ0v) is 7.76. The number of nitrogens with two attached hydrogens (primary N) is 1. The summed E-state index contributed by atoms with van der Waals surface area (Å²) < 4.78 is 4.81. The monoisotopic (exact) mass is 200 g/mol. The molecule has 1 amide bonds. The molecule has 4 nitrogen and oxygen atoms in total. The molecule has 3 N–H and O–H groups in total. The number of hydrogen-bond acceptors (Lipinski definition) is 3. The number of carbonyl (C=O) groups excluding carboxylic acids is 1. The van der Waals surface area contributed by atoms with Gasteiger partial charge in [0.15, 0.2) is 0 Å². The van der Waals surface area contributed by atoms with Crippen LogP contribution in [0.2, 0.25) is 5.02 Å². The number of amides is 1. The summed E-state index contributed by atoms with van der Waals surface area (Å²) in [6.45, 7) is 0. The second kappa shape index (κ2) is 4.00. The number of hydrogen-bond donors (Lipinski definition) is 2. The molecule has 0 radical (unpaired) electrons. The molecule has 1 rings (SSSR count). The van der Waals surface area contributed by atoms with E-state index in [2.05, 4.69) is 5.32 Å². The van der Waals surface area contributed by atoms with E-state index in [0.29, 0.717) is 16.5 Å². The van der Waals surface area contributed by atoms with E-state index in [1.807, 2.05) is 0 Å². The van der Waals surface area contributed by atoms with Crippen LogP contribution in [0.4, 0.5) is 10.5 Å². The summed E-state index contributed by atoms with van der Waals surface area (Å²) >= 11 is 5.67. The highest BCUT2D eigenvalue weighted by Crippen LogP contribution is 2.23. The summed E-state index contributed by atoms with van der Waals surface area (Å²) in [5.74, 6) is 0.362. The molecule has 0 aliphatic heterocycles. The molecule has 0 aliphatic carbocycles. The average molecular weight is 201 g/mol. The number of rotatable bonds is 1. The predicted molar refractivity (Wildman–Crippen MR) is 50.9 cm³/mol. The quantitative estimate of drug-likeness (QED) is 0.678. The van der Waals surface area contributed by atoms with Crippen molar-refractivity contribution in [3.05, 3.63) is 23.2 Å². The summed E-state index contributed by atoms with van der Waals surface area (Å²) in [6, 6.07) is 4.61. The molecule has 0 atom stereocenters. The number of benzene rings is 1. The number of halogens is 1. The first-order valence-corrected chi connectivity index (χ1v) is 3.96. The summed E-state index contributed by atoms with van der Waals surface area (Å²) in [4.78, 5) is 10.8. The molecular formula is C8H9ClN2O2. The van der Waals surface area contributed by atoms with Gasteiger partial charge in [-0.15, -0.1) is 0 Å². The van der Waals surface area contributed by atoms with Crippen LogP contribution in [0.15, 0.2) is 18.2 Å². The Bertz CT molecular complexity index is 328. The first-order valence-electron chi connectivity index (χ1n) is 3.58. The van der Waals surface area contributed by atoms with Gasteiger partial charge in [-0.1, -0.05) is 11.6 Å². The minimum Gasteiger partial charge on any atom is -0.410 e. The molecule has 0 saturated carbocycles. The lowest BCUT2D eigenvalue weighted by Crippen LogP contribution is -2.22. The fraction of sp³-hybridized carbons (Fsp3) is 0.125. The Morgan fingerprint density at radius 3 is 2.85 bits per heavy atom. The van der Waals surface area contributed by atoms with E-state index < -0.39 is 6.09 Å². The van der Waals surface area contributed by atoms with Crippen molar-refractivity contribution in [2.75, 3.05) is 12.8 Å². The highest BCUT2D eigenvalue weighted by molar-refractivity contribution is 6.33. The summed E-state index contributed by atoms with van der Waals surface area (Å²) in [6.07, 6.45) is -0.540. The fourth-order valence-electron chi connectivity index (χ4n) is 0.743. The molecule has 0 fully saturated rings. The van der Waals surface area contributed by atoms with E-state index in [0.717, 1.165) is 0 Å². The topological polar surface area (TPSA) is 64.3 Å². The van der Waals surface area contributed by atoms with E-state index in [9.17, 15) is 4.79 Å². The molecule has 0 aliphatic rings. The average Bonchev–Trinajstić information content (AvgIpc) is 2.11. The Balaban J connectivity index is 2.79. The third-order valence-electron chi connectivity index (χ3n) is 1.38. The Hall–Kier alpha value is -1.42. The second-order valence-corrected chi connectivity index (χ2v) is 2.73. The van der Waals surface area contributed by atoms with Crippen molar-refractivity contribution in [1.82, 2.24) is 5.32 Å². The highest BCUT2D eigenvalue weighted by atomic mass is 35.5. The van der Waals surface area contributed by atoms with Crippen molar-refractivity contribution in [3.8, 4) is 5.75 Å². The Kier molecular flexibility index (Phi) is 2.97. The van der Waals surface area contributed by atoms with Crippen LogP contribution < -0.4 is 15.8 Å². The molecular weight excluding hydrogens is 192 g/mol. The highest BCUT2D eigenvalue weighted by Gasteiger charge is 2.02. The van der Waals surface area contributed by atoms with Crippen molar-refractivity contribution in [2.45, 2.75) is 0 Å². The van der Waals surface area contributed by atoms with Crippen molar-refractivity contribution in [2.24, 2.45) is 0 Å². The van der Waals surface area contributed by atoms with Gasteiger partial charge in [0.05, 0.1) is 10.7 Å². The van der Waals surface area contributed by atoms with Crippen molar-refractivity contribution in [3.63, 3.8) is 0 Å². The van der Waals surface area contributed by atoms with Crippen LogP contribution in [-0.4, -0.2) is 13.1 Å². The van der Waals surface area contributed by atoms with Gasteiger partial charge < -0.3 is 15.8 Å². The van der Waals surface area contributed by atoms with E-state index in [4.69, 9.17) is 22.1 Å². The van der Waals surface area contributed by atoms with Crippen LogP contribution in [0.1, 0.15) is 0 Å². The molecule has 5 heteroatoms. The maximum Gasteiger partial charge on any atom is 0.412 e. The van der Waals surface area contributed by atoms with Crippen molar-refractivity contribution in [1.29, 1.82) is 0 Å². The van der Waals surface area contributed by atoms with Crippen LogP contribution in [0, 0.1) is 0 Å². The van der Waals surface area contributed by atoms with Gasteiger partial charge in [-0.2, -0.15) is 0 Å². The molecule has 70 valence electrons. The molecule has 0 heterocycles. The van der Waals surface area contributed by atoms with Crippen molar-refractivity contribution >= 4 is 23.4 Å². The van der Waals surface area contributed by atoms with Crippen LogP contribution in [-0.2, 0) is 0 Å². The summed E-state index contributed by atoms with van der Waals surface area (Å²) in [7, 11) is 1.47. The lowest BCUT2D eigenvalue weighted by Gasteiger charge is -2.04. The summed E-state index contributed by atoms with van der Waals surface area (Å²) in [5, 5.41) is 2.75. The minimum atomic E-state index is -0.540. The van der Waals surface area contributed by atoms with Gasteiger partial charge in [0.1, 0.15) is 5.75 Å². The lowest BCUT2D eigenvalue weighted by atomic mass is 10.3. The molecule has 1 aromatic carbocycles. The van der Waals surface area contributed by atoms with E-state index in [1.54, 1.807) is 12.1 Å². The largest absolute Gasteiger partial charge is 0.412 e. The number of anilines is 1. The maximum atomic E-state index is 10.8. The number of nitrogen functional groups attached to an aromatic ring is 1.